The minimum atomic E-state index is -0.407. The molecule has 0 radical (unpaired) electrons. The molecule has 1 atom stereocenters. The van der Waals surface area contributed by atoms with Crippen LogP contribution in [0.15, 0.2) is 36.4 Å². The van der Waals surface area contributed by atoms with E-state index in [9.17, 15) is 14.0 Å². The van der Waals surface area contributed by atoms with Crippen molar-refractivity contribution in [2.24, 2.45) is 11.3 Å². The first-order chi connectivity index (χ1) is 14.3. The molecule has 1 saturated carbocycles. The molecule has 158 valence electrons. The van der Waals surface area contributed by atoms with Gasteiger partial charge in [-0.2, -0.15) is 0 Å². The number of likely N-dealkylation sites (tertiary alicyclic amines) is 1. The maximum atomic E-state index is 13.2. The molecule has 0 aromatic heterocycles. The summed E-state index contributed by atoms with van der Waals surface area (Å²) in [6, 6.07) is 10.2. The van der Waals surface area contributed by atoms with Gasteiger partial charge in [0.05, 0.1) is 6.42 Å². The standard InChI is InChI=1S/C24H26ClFN2O2/c1-15-9-16(2)11-19(10-15)27-23(30)20-14-24(20)5-7-28(8-6-24)22(29)12-17-3-4-18(26)13-21(17)25/h3-4,9-11,13,20H,5-8,12,14H2,1-2H3,(H,27,30)/t20-/m1/s1. The summed E-state index contributed by atoms with van der Waals surface area (Å²) in [7, 11) is 0. The Morgan fingerprint density at radius 2 is 1.80 bits per heavy atom. The Bertz CT molecular complexity index is 978. The molecule has 1 aliphatic heterocycles. The zero-order valence-electron chi connectivity index (χ0n) is 17.3. The molecule has 2 amide bonds. The van der Waals surface area contributed by atoms with Crippen molar-refractivity contribution in [2.75, 3.05) is 18.4 Å². The highest BCUT2D eigenvalue weighted by atomic mass is 35.5. The number of rotatable bonds is 4. The minimum absolute atomic E-state index is 0.00440. The molecule has 1 saturated heterocycles. The number of anilines is 1. The average Bonchev–Trinajstić information content (AvgIpc) is 3.37. The largest absolute Gasteiger partial charge is 0.342 e. The van der Waals surface area contributed by atoms with Crippen LogP contribution in [-0.4, -0.2) is 29.8 Å². The van der Waals surface area contributed by atoms with E-state index in [2.05, 4.69) is 11.4 Å². The third-order valence-corrected chi connectivity index (χ3v) is 6.82. The van der Waals surface area contributed by atoms with Gasteiger partial charge in [-0.15, -0.1) is 0 Å². The van der Waals surface area contributed by atoms with Crippen molar-refractivity contribution in [1.29, 1.82) is 0 Å². The van der Waals surface area contributed by atoms with Gasteiger partial charge in [0.15, 0.2) is 0 Å². The number of benzene rings is 2. The summed E-state index contributed by atoms with van der Waals surface area (Å²) in [6.07, 6.45) is 2.72. The molecule has 1 heterocycles. The first kappa shape index (κ1) is 20.9. The fourth-order valence-electron chi connectivity index (χ4n) is 4.69. The van der Waals surface area contributed by atoms with Gasteiger partial charge in [-0.3, -0.25) is 9.59 Å². The van der Waals surface area contributed by atoms with E-state index in [0.29, 0.717) is 18.7 Å². The van der Waals surface area contributed by atoms with Crippen LogP contribution in [0, 0.1) is 31.0 Å². The Morgan fingerprint density at radius 1 is 1.13 bits per heavy atom. The van der Waals surface area contributed by atoms with Gasteiger partial charge in [0.1, 0.15) is 5.82 Å². The minimum Gasteiger partial charge on any atom is -0.342 e. The number of amides is 2. The predicted octanol–water partition coefficient (Wildman–Crippen LogP) is 4.91. The number of hydrogen-bond donors (Lipinski definition) is 1. The number of hydrogen-bond acceptors (Lipinski definition) is 2. The number of halogens is 2. The number of nitrogens with zero attached hydrogens (tertiary/aromatic N) is 1. The lowest BCUT2D eigenvalue weighted by Crippen LogP contribution is -2.41. The number of nitrogens with one attached hydrogen (secondary N) is 1. The number of piperidine rings is 1. The maximum Gasteiger partial charge on any atom is 0.228 e. The van der Waals surface area contributed by atoms with Crippen LogP contribution < -0.4 is 5.32 Å². The number of carbonyl (C=O) groups excluding carboxylic acids is 2. The second-order valence-corrected chi connectivity index (χ2v) is 9.19. The van der Waals surface area contributed by atoms with Crippen LogP contribution in [-0.2, 0) is 16.0 Å². The number of aryl methyl sites for hydroxylation is 2. The van der Waals surface area contributed by atoms with E-state index in [1.54, 1.807) is 6.07 Å². The summed E-state index contributed by atoms with van der Waals surface area (Å²) in [5.74, 6) is -0.315. The molecule has 2 fully saturated rings. The van der Waals surface area contributed by atoms with Crippen molar-refractivity contribution in [2.45, 2.75) is 39.5 Å². The highest BCUT2D eigenvalue weighted by Gasteiger charge is 2.58. The second-order valence-electron chi connectivity index (χ2n) is 8.78. The van der Waals surface area contributed by atoms with E-state index in [0.717, 1.165) is 36.1 Å². The van der Waals surface area contributed by atoms with E-state index in [1.165, 1.54) is 12.1 Å². The predicted molar refractivity (Wildman–Crippen MR) is 116 cm³/mol. The van der Waals surface area contributed by atoms with Crippen LogP contribution in [0.25, 0.3) is 0 Å². The Labute approximate surface area is 181 Å². The Morgan fingerprint density at radius 3 is 2.43 bits per heavy atom. The molecular weight excluding hydrogens is 403 g/mol. The van der Waals surface area contributed by atoms with Crippen molar-refractivity contribution in [3.63, 3.8) is 0 Å². The molecule has 1 aliphatic carbocycles. The molecule has 2 aromatic rings. The van der Waals surface area contributed by atoms with E-state index < -0.39 is 5.82 Å². The molecule has 4 rings (SSSR count). The molecule has 30 heavy (non-hydrogen) atoms. The van der Waals surface area contributed by atoms with E-state index in [4.69, 9.17) is 11.6 Å². The first-order valence-corrected chi connectivity index (χ1v) is 10.7. The first-order valence-electron chi connectivity index (χ1n) is 10.4. The van der Waals surface area contributed by atoms with Crippen molar-refractivity contribution in [3.05, 3.63) is 63.9 Å². The quantitative estimate of drug-likeness (QED) is 0.752. The van der Waals surface area contributed by atoms with E-state index in [1.807, 2.05) is 30.9 Å². The van der Waals surface area contributed by atoms with Gasteiger partial charge in [0.2, 0.25) is 11.8 Å². The Balaban J connectivity index is 1.31. The highest BCUT2D eigenvalue weighted by molar-refractivity contribution is 6.31. The summed E-state index contributed by atoms with van der Waals surface area (Å²) in [6.45, 7) is 5.33. The van der Waals surface area contributed by atoms with Crippen LogP contribution in [0.1, 0.15) is 36.0 Å². The molecule has 2 aromatic carbocycles. The zero-order chi connectivity index (χ0) is 21.5. The summed E-state index contributed by atoms with van der Waals surface area (Å²) in [5.41, 5.74) is 3.77. The van der Waals surface area contributed by atoms with Crippen LogP contribution in [0.4, 0.5) is 10.1 Å². The molecule has 6 heteroatoms. The van der Waals surface area contributed by atoms with Crippen molar-refractivity contribution in [1.82, 2.24) is 4.90 Å². The molecular formula is C24H26ClFN2O2. The van der Waals surface area contributed by atoms with Crippen LogP contribution in [0.2, 0.25) is 5.02 Å². The normalized spacial score (nSPS) is 19.6. The lowest BCUT2D eigenvalue weighted by atomic mass is 9.90. The van der Waals surface area contributed by atoms with Crippen molar-refractivity contribution >= 4 is 29.1 Å². The zero-order valence-corrected chi connectivity index (χ0v) is 18.1. The third kappa shape index (κ3) is 4.36. The summed E-state index contributed by atoms with van der Waals surface area (Å²) < 4.78 is 13.2. The molecule has 0 unspecified atom stereocenters. The molecule has 4 nitrogen and oxygen atoms in total. The molecule has 0 bridgehead atoms. The van der Waals surface area contributed by atoms with Gasteiger partial charge < -0.3 is 10.2 Å². The van der Waals surface area contributed by atoms with Gasteiger partial charge >= 0.3 is 0 Å². The molecule has 1 N–H and O–H groups in total. The lowest BCUT2D eigenvalue weighted by molar-refractivity contribution is -0.132. The van der Waals surface area contributed by atoms with E-state index in [-0.39, 0.29) is 34.6 Å². The van der Waals surface area contributed by atoms with Gasteiger partial charge in [0.25, 0.3) is 0 Å². The summed E-state index contributed by atoms with van der Waals surface area (Å²) >= 11 is 6.05. The maximum absolute atomic E-state index is 13.2. The summed E-state index contributed by atoms with van der Waals surface area (Å²) in [4.78, 5) is 27.2. The van der Waals surface area contributed by atoms with Crippen LogP contribution in [0.5, 0.6) is 0 Å². The average molecular weight is 429 g/mol. The van der Waals surface area contributed by atoms with Crippen molar-refractivity contribution < 1.29 is 14.0 Å². The van der Waals surface area contributed by atoms with Crippen LogP contribution in [0.3, 0.4) is 0 Å². The van der Waals surface area contributed by atoms with Gasteiger partial charge in [-0.1, -0.05) is 23.7 Å². The third-order valence-electron chi connectivity index (χ3n) is 6.46. The SMILES string of the molecule is Cc1cc(C)cc(NC(=O)[C@H]2CC23CCN(C(=O)Cc2ccc(F)cc2Cl)CC3)c1. The fraction of sp³-hybridized carbons (Fsp3) is 0.417. The monoisotopic (exact) mass is 428 g/mol. The van der Waals surface area contributed by atoms with Crippen LogP contribution >= 0.6 is 11.6 Å². The summed E-state index contributed by atoms with van der Waals surface area (Å²) in [5, 5.41) is 3.35. The van der Waals surface area contributed by atoms with Gasteiger partial charge in [-0.25, -0.2) is 4.39 Å². The number of carbonyl (C=O) groups is 2. The topological polar surface area (TPSA) is 49.4 Å². The van der Waals surface area contributed by atoms with E-state index >= 15 is 0 Å². The highest BCUT2D eigenvalue weighted by Crippen LogP contribution is 2.59. The van der Waals surface area contributed by atoms with Crippen molar-refractivity contribution in [3.8, 4) is 0 Å². The fourth-order valence-corrected chi connectivity index (χ4v) is 4.92. The Kier molecular flexibility index (Phi) is 5.58. The molecule has 1 spiro atoms. The van der Waals surface area contributed by atoms with Gasteiger partial charge in [0, 0.05) is 29.7 Å². The second kappa shape index (κ2) is 8.03. The molecule has 2 aliphatic rings. The Hall–Kier alpha value is -2.40. The van der Waals surface area contributed by atoms with Gasteiger partial charge in [-0.05, 0) is 79.5 Å². The lowest BCUT2D eigenvalue weighted by Gasteiger charge is -2.33. The smallest absolute Gasteiger partial charge is 0.228 e.